The van der Waals surface area contributed by atoms with Gasteiger partial charge < -0.3 is 9.64 Å². The lowest BCUT2D eigenvalue weighted by Crippen LogP contribution is -2.35. The standard InChI is InChI=1S/C21H19FN3O4PS.C2H6/c1-30-12-20(26)24-8-5-13(6-9-24)19-11-16-21(31-19)18(4-7-23-16)29-17-3-2-14(25(27)28)10-15(17)22;1-2/h2-5,7,10-11,30H,6,8-9,12H2,1H3;1-2H3. The van der Waals surface area contributed by atoms with Crippen molar-refractivity contribution in [2.75, 3.05) is 25.9 Å². The fourth-order valence-corrected chi connectivity index (χ4v) is 5.00. The molecule has 0 saturated carbocycles. The van der Waals surface area contributed by atoms with Gasteiger partial charge in [-0.2, -0.15) is 0 Å². The van der Waals surface area contributed by atoms with Crippen molar-refractivity contribution < 1.29 is 18.8 Å². The second-order valence-electron chi connectivity index (χ2n) is 6.96. The minimum absolute atomic E-state index is 0.0873. The number of nitro groups is 1. The zero-order valence-electron chi connectivity index (χ0n) is 18.6. The molecule has 0 radical (unpaired) electrons. The molecule has 174 valence electrons. The van der Waals surface area contributed by atoms with Crippen LogP contribution in [0.3, 0.4) is 0 Å². The van der Waals surface area contributed by atoms with Crippen molar-refractivity contribution in [3.8, 4) is 11.5 Å². The number of benzene rings is 1. The Hall–Kier alpha value is -2.90. The molecule has 1 amide bonds. The molecule has 0 bridgehead atoms. The molecular formula is C23H25FN3O4PS. The number of hydrogen-bond acceptors (Lipinski definition) is 6. The smallest absolute Gasteiger partial charge is 0.272 e. The van der Waals surface area contributed by atoms with Gasteiger partial charge in [0.2, 0.25) is 5.91 Å². The van der Waals surface area contributed by atoms with Crippen LogP contribution < -0.4 is 4.74 Å². The average Bonchev–Trinajstić information content (AvgIpc) is 3.27. The molecule has 1 aliphatic heterocycles. The van der Waals surface area contributed by atoms with Gasteiger partial charge in [-0.15, -0.1) is 19.9 Å². The summed E-state index contributed by atoms with van der Waals surface area (Å²) in [7, 11) is 0.613. The van der Waals surface area contributed by atoms with Crippen molar-refractivity contribution in [2.45, 2.75) is 20.3 Å². The number of halogens is 1. The predicted molar refractivity (Wildman–Crippen MR) is 132 cm³/mol. The van der Waals surface area contributed by atoms with Crippen molar-refractivity contribution in [1.82, 2.24) is 9.88 Å². The lowest BCUT2D eigenvalue weighted by atomic mass is 10.1. The predicted octanol–water partition coefficient (Wildman–Crippen LogP) is 6.09. The summed E-state index contributed by atoms with van der Waals surface area (Å²) in [5.41, 5.74) is 1.55. The van der Waals surface area contributed by atoms with E-state index < -0.39 is 10.7 Å². The Balaban J connectivity index is 0.00000149. The van der Waals surface area contributed by atoms with E-state index in [1.165, 1.54) is 23.5 Å². The number of carbonyl (C=O) groups excluding carboxylic acids is 1. The summed E-state index contributed by atoms with van der Waals surface area (Å²) < 4.78 is 20.8. The first-order chi connectivity index (χ1) is 16.0. The molecule has 2 aromatic heterocycles. The fourth-order valence-electron chi connectivity index (χ4n) is 3.34. The van der Waals surface area contributed by atoms with Crippen molar-refractivity contribution >= 4 is 47.3 Å². The Labute approximate surface area is 197 Å². The largest absolute Gasteiger partial charge is 0.453 e. The normalized spacial score (nSPS) is 13.6. The first kappa shape index (κ1) is 24.7. The number of carbonyl (C=O) groups is 1. The summed E-state index contributed by atoms with van der Waals surface area (Å²) in [6.45, 7) is 7.31. The summed E-state index contributed by atoms with van der Waals surface area (Å²) in [5, 5.41) is 10.8. The number of aromatic nitrogens is 1. The molecule has 0 fully saturated rings. The number of pyridine rings is 1. The van der Waals surface area contributed by atoms with Crippen LogP contribution in [-0.4, -0.2) is 46.6 Å². The quantitative estimate of drug-likeness (QED) is 0.238. The SMILES string of the molecule is CC.CPCC(=O)N1CC=C(c2cc3nccc(Oc4ccc([N+](=O)[O-])cc4F)c3s2)CC1. The molecule has 3 heterocycles. The molecule has 4 rings (SSSR count). The fraction of sp³-hybridized carbons (Fsp3) is 0.304. The zero-order valence-corrected chi connectivity index (χ0v) is 20.4. The summed E-state index contributed by atoms with van der Waals surface area (Å²) in [6, 6.07) is 6.91. The number of nitrogens with zero attached hydrogens (tertiary/aromatic N) is 3. The van der Waals surface area contributed by atoms with E-state index in [9.17, 15) is 19.3 Å². The third-order valence-corrected chi connectivity index (χ3v) is 6.80. The van der Waals surface area contributed by atoms with E-state index in [1.54, 1.807) is 12.3 Å². The van der Waals surface area contributed by atoms with Gasteiger partial charge in [0.05, 0.1) is 21.2 Å². The van der Waals surface area contributed by atoms with E-state index in [4.69, 9.17) is 4.74 Å². The second-order valence-corrected chi connectivity index (χ2v) is 9.07. The van der Waals surface area contributed by atoms with Crippen LogP contribution in [0.15, 0.2) is 42.6 Å². The summed E-state index contributed by atoms with van der Waals surface area (Å²) in [5.74, 6) is -0.264. The van der Waals surface area contributed by atoms with E-state index in [1.807, 2.05) is 31.5 Å². The molecule has 1 aromatic carbocycles. The van der Waals surface area contributed by atoms with Gasteiger partial charge in [-0.05, 0) is 30.8 Å². The lowest BCUT2D eigenvalue weighted by Gasteiger charge is -2.26. The number of ether oxygens (including phenoxy) is 1. The molecule has 0 spiro atoms. The first-order valence-electron chi connectivity index (χ1n) is 10.6. The van der Waals surface area contributed by atoms with Crippen LogP contribution in [-0.2, 0) is 4.79 Å². The highest BCUT2D eigenvalue weighted by atomic mass is 32.1. The number of thiophene rings is 1. The van der Waals surface area contributed by atoms with Crippen molar-refractivity contribution in [3.63, 3.8) is 0 Å². The third-order valence-electron chi connectivity index (χ3n) is 4.93. The molecular weight excluding hydrogens is 464 g/mol. The van der Waals surface area contributed by atoms with E-state index in [0.717, 1.165) is 33.2 Å². The van der Waals surface area contributed by atoms with Gasteiger partial charge in [-0.3, -0.25) is 19.9 Å². The number of hydrogen-bond donors (Lipinski definition) is 0. The minimum atomic E-state index is -0.802. The van der Waals surface area contributed by atoms with Crippen LogP contribution in [0.2, 0.25) is 0 Å². The van der Waals surface area contributed by atoms with Crippen LogP contribution in [0.1, 0.15) is 25.1 Å². The highest BCUT2D eigenvalue weighted by Crippen LogP contribution is 2.39. The van der Waals surface area contributed by atoms with Gasteiger partial charge in [0.25, 0.3) is 5.69 Å². The molecule has 1 aliphatic rings. The average molecular weight is 490 g/mol. The maximum atomic E-state index is 14.3. The Morgan fingerprint density at radius 3 is 2.73 bits per heavy atom. The lowest BCUT2D eigenvalue weighted by molar-refractivity contribution is -0.385. The molecule has 0 N–H and O–H groups in total. The van der Waals surface area contributed by atoms with Gasteiger partial charge in [0, 0.05) is 42.5 Å². The monoisotopic (exact) mass is 489 g/mol. The number of fused-ring (bicyclic) bond motifs is 1. The van der Waals surface area contributed by atoms with Gasteiger partial charge >= 0.3 is 0 Å². The molecule has 3 aromatic rings. The maximum absolute atomic E-state index is 14.3. The van der Waals surface area contributed by atoms with E-state index in [2.05, 4.69) is 11.1 Å². The van der Waals surface area contributed by atoms with E-state index >= 15 is 0 Å². The second kappa shape index (κ2) is 11.3. The van der Waals surface area contributed by atoms with Gasteiger partial charge in [0.1, 0.15) is 5.75 Å². The molecule has 0 saturated heterocycles. The molecule has 10 heteroatoms. The maximum Gasteiger partial charge on any atom is 0.272 e. The zero-order chi connectivity index (χ0) is 24.0. The summed E-state index contributed by atoms with van der Waals surface area (Å²) in [6.07, 6.45) is 5.01. The Bertz CT molecular complexity index is 1200. The Kier molecular flexibility index (Phi) is 8.47. The highest BCUT2D eigenvalue weighted by Gasteiger charge is 2.20. The number of nitro benzene ring substituents is 1. The topological polar surface area (TPSA) is 85.6 Å². The van der Waals surface area contributed by atoms with Crippen LogP contribution in [0.25, 0.3) is 15.8 Å². The van der Waals surface area contributed by atoms with Gasteiger partial charge in [0.15, 0.2) is 11.6 Å². The van der Waals surface area contributed by atoms with Gasteiger partial charge in [-0.25, -0.2) is 4.39 Å². The molecule has 33 heavy (non-hydrogen) atoms. The van der Waals surface area contributed by atoms with E-state index in [-0.39, 0.29) is 17.3 Å². The van der Waals surface area contributed by atoms with Crippen molar-refractivity contribution in [2.24, 2.45) is 0 Å². The Morgan fingerprint density at radius 2 is 2.09 bits per heavy atom. The first-order valence-corrected chi connectivity index (χ1v) is 13.1. The highest BCUT2D eigenvalue weighted by molar-refractivity contribution is 7.38. The van der Waals surface area contributed by atoms with Crippen LogP contribution in [0, 0.1) is 15.9 Å². The van der Waals surface area contributed by atoms with Gasteiger partial charge in [-0.1, -0.05) is 19.9 Å². The number of non-ortho nitro benzene ring substituents is 1. The third kappa shape index (κ3) is 5.72. The van der Waals surface area contributed by atoms with Crippen LogP contribution in [0.4, 0.5) is 10.1 Å². The van der Waals surface area contributed by atoms with E-state index in [0.29, 0.717) is 33.6 Å². The summed E-state index contributed by atoms with van der Waals surface area (Å²) >= 11 is 1.49. The minimum Gasteiger partial charge on any atom is -0.453 e. The molecule has 1 unspecified atom stereocenters. The van der Waals surface area contributed by atoms with Crippen LogP contribution >= 0.6 is 19.9 Å². The van der Waals surface area contributed by atoms with Crippen molar-refractivity contribution in [1.29, 1.82) is 0 Å². The number of rotatable bonds is 6. The summed E-state index contributed by atoms with van der Waals surface area (Å²) in [4.78, 5) is 29.5. The number of amides is 1. The molecule has 7 nitrogen and oxygen atoms in total. The van der Waals surface area contributed by atoms with Crippen molar-refractivity contribution in [3.05, 3.63) is 63.4 Å². The van der Waals surface area contributed by atoms with Crippen LogP contribution in [0.5, 0.6) is 11.5 Å². The molecule has 1 atom stereocenters. The Morgan fingerprint density at radius 1 is 1.30 bits per heavy atom. The molecule has 0 aliphatic carbocycles.